The number of hydrogen-bond acceptors (Lipinski definition) is 6. The highest BCUT2D eigenvalue weighted by molar-refractivity contribution is 6.28. The highest BCUT2D eigenvalue weighted by Crippen LogP contribution is 2.09. The van der Waals surface area contributed by atoms with Crippen molar-refractivity contribution in [2.24, 2.45) is 0 Å². The van der Waals surface area contributed by atoms with E-state index in [1.165, 1.54) is 0 Å². The molecule has 0 bridgehead atoms. The van der Waals surface area contributed by atoms with Gasteiger partial charge in [-0.25, -0.2) is 9.97 Å². The molecule has 2 heterocycles. The molecule has 0 aliphatic rings. The molecule has 6 nitrogen and oxygen atoms in total. The summed E-state index contributed by atoms with van der Waals surface area (Å²) in [4.78, 5) is 12.1. The Labute approximate surface area is 103 Å². The van der Waals surface area contributed by atoms with Crippen LogP contribution < -0.4 is 5.32 Å². The van der Waals surface area contributed by atoms with Gasteiger partial charge in [-0.15, -0.1) is 0 Å². The van der Waals surface area contributed by atoms with Crippen LogP contribution in [0.15, 0.2) is 10.6 Å². The molecule has 1 N–H and O–H groups in total. The predicted octanol–water partition coefficient (Wildman–Crippen LogP) is 1.78. The van der Waals surface area contributed by atoms with E-state index in [1.54, 1.807) is 6.92 Å². The fourth-order valence-electron chi connectivity index (χ4n) is 1.37. The molecular formula is C10H12ClN5O. The van der Waals surface area contributed by atoms with E-state index in [0.29, 0.717) is 30.5 Å². The lowest BCUT2D eigenvalue weighted by atomic mass is 10.4. The Morgan fingerprint density at radius 2 is 2.12 bits per heavy atom. The van der Waals surface area contributed by atoms with Gasteiger partial charge in [0, 0.05) is 31.6 Å². The zero-order valence-electron chi connectivity index (χ0n) is 9.57. The summed E-state index contributed by atoms with van der Waals surface area (Å²) >= 11 is 5.75. The minimum Gasteiger partial charge on any atom is -0.369 e. The van der Waals surface area contributed by atoms with Crippen molar-refractivity contribution in [3.63, 3.8) is 0 Å². The van der Waals surface area contributed by atoms with Crippen molar-refractivity contribution >= 4 is 17.4 Å². The quantitative estimate of drug-likeness (QED) is 0.837. The van der Waals surface area contributed by atoms with Crippen molar-refractivity contribution in [3.05, 3.63) is 28.8 Å². The summed E-state index contributed by atoms with van der Waals surface area (Å²) < 4.78 is 4.87. The second-order valence-electron chi connectivity index (χ2n) is 3.57. The van der Waals surface area contributed by atoms with Gasteiger partial charge in [-0.3, -0.25) is 0 Å². The maximum absolute atomic E-state index is 5.75. The molecule has 7 heteroatoms. The summed E-state index contributed by atoms with van der Waals surface area (Å²) in [5, 5.41) is 7.16. The van der Waals surface area contributed by atoms with Gasteiger partial charge >= 0.3 is 0 Å². The van der Waals surface area contributed by atoms with Gasteiger partial charge in [-0.1, -0.05) is 5.16 Å². The molecule has 0 saturated carbocycles. The molecule has 0 atom stereocenters. The summed E-state index contributed by atoms with van der Waals surface area (Å²) in [6, 6.07) is 1.83. The number of rotatable bonds is 4. The SMILES string of the molecule is Cc1cc(NCCc2noc(C)n2)nc(Cl)n1. The van der Waals surface area contributed by atoms with E-state index in [0.717, 1.165) is 5.69 Å². The number of anilines is 1. The molecule has 0 radical (unpaired) electrons. The standard InChI is InChI=1S/C10H12ClN5O/c1-6-5-9(15-10(11)13-6)12-4-3-8-14-7(2)17-16-8/h5H,3-4H2,1-2H3,(H,12,13,15). The van der Waals surface area contributed by atoms with E-state index >= 15 is 0 Å². The van der Waals surface area contributed by atoms with E-state index in [4.69, 9.17) is 16.1 Å². The fourth-order valence-corrected chi connectivity index (χ4v) is 1.59. The van der Waals surface area contributed by atoms with Gasteiger partial charge in [-0.05, 0) is 18.5 Å². The van der Waals surface area contributed by atoms with Gasteiger partial charge in [0.05, 0.1) is 0 Å². The van der Waals surface area contributed by atoms with Crippen LogP contribution in [0, 0.1) is 13.8 Å². The number of hydrogen-bond donors (Lipinski definition) is 1. The third-order valence-electron chi connectivity index (χ3n) is 2.05. The van der Waals surface area contributed by atoms with E-state index in [2.05, 4.69) is 25.4 Å². The molecule has 2 rings (SSSR count). The molecule has 0 aliphatic carbocycles. The van der Waals surface area contributed by atoms with Crippen LogP contribution in [0.1, 0.15) is 17.4 Å². The highest BCUT2D eigenvalue weighted by atomic mass is 35.5. The van der Waals surface area contributed by atoms with Crippen molar-refractivity contribution in [1.29, 1.82) is 0 Å². The average Bonchev–Trinajstić information content (AvgIpc) is 2.63. The predicted molar refractivity (Wildman–Crippen MR) is 63.0 cm³/mol. The van der Waals surface area contributed by atoms with E-state index in [9.17, 15) is 0 Å². The first-order chi connectivity index (χ1) is 8.13. The van der Waals surface area contributed by atoms with Crippen LogP contribution >= 0.6 is 11.6 Å². The molecule has 0 unspecified atom stereocenters. The van der Waals surface area contributed by atoms with Crippen LogP contribution in [0.3, 0.4) is 0 Å². The summed E-state index contributed by atoms with van der Waals surface area (Å²) in [5.74, 6) is 1.94. The minimum absolute atomic E-state index is 0.239. The molecular weight excluding hydrogens is 242 g/mol. The lowest BCUT2D eigenvalue weighted by molar-refractivity contribution is 0.387. The molecule has 90 valence electrons. The summed E-state index contributed by atoms with van der Waals surface area (Å²) in [6.07, 6.45) is 0.665. The van der Waals surface area contributed by atoms with Crippen LogP contribution in [-0.4, -0.2) is 26.7 Å². The fraction of sp³-hybridized carbons (Fsp3) is 0.400. The second kappa shape index (κ2) is 5.09. The van der Waals surface area contributed by atoms with Gasteiger partial charge in [0.1, 0.15) is 5.82 Å². The maximum atomic E-state index is 5.75. The largest absolute Gasteiger partial charge is 0.369 e. The number of nitrogens with one attached hydrogen (secondary N) is 1. The Kier molecular flexibility index (Phi) is 3.53. The first-order valence-corrected chi connectivity index (χ1v) is 5.55. The summed E-state index contributed by atoms with van der Waals surface area (Å²) in [7, 11) is 0. The molecule has 2 aromatic rings. The van der Waals surface area contributed by atoms with Gasteiger partial charge in [0.25, 0.3) is 0 Å². The third kappa shape index (κ3) is 3.39. The Balaban J connectivity index is 1.89. The van der Waals surface area contributed by atoms with Crippen LogP contribution in [0.5, 0.6) is 0 Å². The second-order valence-corrected chi connectivity index (χ2v) is 3.91. The van der Waals surface area contributed by atoms with Crippen LogP contribution in [-0.2, 0) is 6.42 Å². The Morgan fingerprint density at radius 1 is 1.29 bits per heavy atom. The van der Waals surface area contributed by atoms with E-state index < -0.39 is 0 Å². The topological polar surface area (TPSA) is 76.7 Å². The van der Waals surface area contributed by atoms with Gasteiger partial charge in [0.15, 0.2) is 5.82 Å². The first kappa shape index (κ1) is 11.8. The third-order valence-corrected chi connectivity index (χ3v) is 2.22. The lowest BCUT2D eigenvalue weighted by Gasteiger charge is -2.04. The molecule has 0 aromatic carbocycles. The van der Waals surface area contributed by atoms with E-state index in [1.807, 2.05) is 13.0 Å². The van der Waals surface area contributed by atoms with Crippen molar-refractivity contribution in [2.45, 2.75) is 20.3 Å². The molecule has 0 saturated heterocycles. The number of nitrogens with zero attached hydrogens (tertiary/aromatic N) is 4. The van der Waals surface area contributed by atoms with Crippen LogP contribution in [0.2, 0.25) is 5.28 Å². The number of aryl methyl sites for hydroxylation is 2. The molecule has 17 heavy (non-hydrogen) atoms. The summed E-state index contributed by atoms with van der Waals surface area (Å²) in [6.45, 7) is 4.28. The smallest absolute Gasteiger partial charge is 0.224 e. The normalized spacial score (nSPS) is 10.5. The zero-order valence-corrected chi connectivity index (χ0v) is 10.3. The first-order valence-electron chi connectivity index (χ1n) is 5.18. The average molecular weight is 254 g/mol. The van der Waals surface area contributed by atoms with Crippen molar-refractivity contribution in [1.82, 2.24) is 20.1 Å². The van der Waals surface area contributed by atoms with Gasteiger partial charge < -0.3 is 9.84 Å². The highest BCUT2D eigenvalue weighted by Gasteiger charge is 2.03. The molecule has 0 aliphatic heterocycles. The molecule has 0 amide bonds. The number of aromatic nitrogens is 4. The van der Waals surface area contributed by atoms with Crippen LogP contribution in [0.4, 0.5) is 5.82 Å². The van der Waals surface area contributed by atoms with E-state index in [-0.39, 0.29) is 5.28 Å². The van der Waals surface area contributed by atoms with Crippen LogP contribution in [0.25, 0.3) is 0 Å². The van der Waals surface area contributed by atoms with Crippen molar-refractivity contribution in [2.75, 3.05) is 11.9 Å². The molecule has 0 spiro atoms. The monoisotopic (exact) mass is 253 g/mol. The lowest BCUT2D eigenvalue weighted by Crippen LogP contribution is -2.08. The minimum atomic E-state index is 0.239. The van der Waals surface area contributed by atoms with Crippen molar-refractivity contribution < 1.29 is 4.52 Å². The van der Waals surface area contributed by atoms with Gasteiger partial charge in [0.2, 0.25) is 11.2 Å². The molecule has 0 fully saturated rings. The van der Waals surface area contributed by atoms with Gasteiger partial charge in [-0.2, -0.15) is 4.98 Å². The van der Waals surface area contributed by atoms with Crippen molar-refractivity contribution in [3.8, 4) is 0 Å². The summed E-state index contributed by atoms with van der Waals surface area (Å²) in [5.41, 5.74) is 0.822. The maximum Gasteiger partial charge on any atom is 0.224 e. The zero-order chi connectivity index (χ0) is 12.3. The Morgan fingerprint density at radius 3 is 2.76 bits per heavy atom. The molecule has 2 aromatic heterocycles. The Bertz CT molecular complexity index is 493. The Hall–Kier alpha value is -1.69. The number of halogens is 1.